The quantitative estimate of drug-likeness (QED) is 0.298. The molecule has 7 heteroatoms. The van der Waals surface area contributed by atoms with Crippen LogP contribution in [-0.4, -0.2) is 68.1 Å². The molecule has 0 spiro atoms. The van der Waals surface area contributed by atoms with E-state index in [-0.39, 0.29) is 0 Å². The van der Waals surface area contributed by atoms with Gasteiger partial charge in [-0.15, -0.1) is 0 Å². The van der Waals surface area contributed by atoms with E-state index in [4.69, 9.17) is 13.0 Å². The van der Waals surface area contributed by atoms with Gasteiger partial charge in [-0.25, -0.2) is 0 Å². The highest BCUT2D eigenvalue weighted by Gasteiger charge is 2.34. The molecule has 0 aliphatic heterocycles. The Hall–Kier alpha value is -0.860. The van der Waals surface area contributed by atoms with Gasteiger partial charge in [-0.2, -0.15) is 0 Å². The minimum absolute atomic E-state index is 0.571. The Labute approximate surface area is 94.8 Å². The molecule has 0 aromatic rings. The number of carbonyl (C=O) groups is 2. The maximum Gasteiger partial charge on any atom is 0.171 e. The van der Waals surface area contributed by atoms with Gasteiger partial charge in [0, 0.05) is 0 Å². The summed E-state index contributed by atoms with van der Waals surface area (Å²) in [7, 11) is 0. The molecule has 0 unspecified atom stereocenters. The Morgan fingerprint density at radius 1 is 1.19 bits per heavy atom. The predicted octanol–water partition coefficient (Wildman–Crippen LogP) is -3.03. The summed E-state index contributed by atoms with van der Waals surface area (Å²) in [6.45, 7) is -2.14. The van der Waals surface area contributed by atoms with Gasteiger partial charge in [0.2, 0.25) is 0 Å². The number of carbonyl (C=O) groups excluding carboxylic acids is 2. The van der Waals surface area contributed by atoms with Crippen molar-refractivity contribution in [3.05, 3.63) is 0 Å². The van der Waals surface area contributed by atoms with Crippen LogP contribution >= 0.6 is 0 Å². The number of hydrogen-bond donors (Lipinski definition) is 5. The maximum absolute atomic E-state index is 11.2. The van der Waals surface area contributed by atoms with E-state index in [0.29, 0.717) is 0 Å². The summed E-state index contributed by atoms with van der Waals surface area (Å²) in [5.41, 5.74) is 0. The fraction of sp³-hybridized carbons (Fsp3) is 0.778. The zero-order valence-corrected chi connectivity index (χ0v) is 8.57. The predicted molar refractivity (Wildman–Crippen MR) is 51.4 cm³/mol. The van der Waals surface area contributed by atoms with Gasteiger partial charge in [-0.3, -0.25) is 9.59 Å². The third-order valence-corrected chi connectivity index (χ3v) is 1.88. The second-order valence-electron chi connectivity index (χ2n) is 3.35. The summed E-state index contributed by atoms with van der Waals surface area (Å²) < 4.78 is 13.4. The Balaban J connectivity index is 4.68. The Kier molecular flexibility index (Phi) is 4.84. The summed E-state index contributed by atoms with van der Waals surface area (Å²) in [6, 6.07) is 0. The summed E-state index contributed by atoms with van der Waals surface area (Å²) in [5.74, 6) is -1.65. The van der Waals surface area contributed by atoms with Crippen LogP contribution in [0.4, 0.5) is 0 Å². The minimum atomic E-state index is -3.22. The molecule has 0 aliphatic carbocycles. The van der Waals surface area contributed by atoms with Gasteiger partial charge in [0.15, 0.2) is 5.78 Å². The largest absolute Gasteiger partial charge is 0.394 e. The van der Waals surface area contributed by atoms with Crippen molar-refractivity contribution < 1.29 is 37.9 Å². The summed E-state index contributed by atoms with van der Waals surface area (Å²) in [5, 5.41) is 45.8. The van der Waals surface area contributed by atoms with Gasteiger partial charge in [-0.1, -0.05) is 0 Å². The lowest BCUT2D eigenvalue weighted by Crippen LogP contribution is -2.48. The minimum Gasteiger partial charge on any atom is -0.394 e. The van der Waals surface area contributed by atoms with Gasteiger partial charge < -0.3 is 25.5 Å². The number of rotatable bonds is 7. The van der Waals surface area contributed by atoms with Crippen molar-refractivity contribution >= 4 is 11.6 Å². The molecule has 0 aliphatic rings. The van der Waals surface area contributed by atoms with Crippen LogP contribution in [0.25, 0.3) is 0 Å². The van der Waals surface area contributed by atoms with Crippen molar-refractivity contribution in [1.29, 1.82) is 0 Å². The molecule has 0 heterocycles. The van der Waals surface area contributed by atoms with Crippen molar-refractivity contribution in [2.45, 2.75) is 37.8 Å². The number of ketones is 2. The van der Waals surface area contributed by atoms with E-state index < -0.39 is 49.0 Å². The van der Waals surface area contributed by atoms with E-state index in [0.717, 1.165) is 6.92 Å². The van der Waals surface area contributed by atoms with E-state index in [2.05, 4.69) is 0 Å². The average molecular weight is 238 g/mol. The second kappa shape index (κ2) is 6.66. The lowest BCUT2D eigenvalue weighted by Gasteiger charge is -2.24. The topological polar surface area (TPSA) is 135 Å². The van der Waals surface area contributed by atoms with E-state index in [1.165, 1.54) is 0 Å². The first kappa shape index (κ1) is 11.6. The van der Waals surface area contributed by atoms with Crippen molar-refractivity contribution in [2.75, 3.05) is 6.56 Å². The molecule has 0 amide bonds. The van der Waals surface area contributed by atoms with Gasteiger partial charge in [-0.05, 0) is 6.92 Å². The van der Waals surface area contributed by atoms with Crippen LogP contribution in [-0.2, 0) is 9.59 Å². The van der Waals surface area contributed by atoms with Gasteiger partial charge >= 0.3 is 0 Å². The number of aliphatic hydroxyl groups excluding tert-OH is 4. The number of hydrogen-bond acceptors (Lipinski definition) is 7. The SMILES string of the molecule is [2H]C([2H])(O)[C@@H](O)[C@@H](O)[C@H](O)[C@@H](O)C(=O)CC(C)=O. The molecule has 5 N–H and O–H groups in total. The van der Waals surface area contributed by atoms with Crippen molar-refractivity contribution in [2.24, 2.45) is 0 Å². The van der Waals surface area contributed by atoms with Crippen molar-refractivity contribution in [3.8, 4) is 0 Å². The summed E-state index contributed by atoms with van der Waals surface area (Å²) >= 11 is 0. The normalized spacial score (nSPS) is 21.4. The summed E-state index contributed by atoms with van der Waals surface area (Å²) in [4.78, 5) is 21.8. The monoisotopic (exact) mass is 238 g/mol. The van der Waals surface area contributed by atoms with Gasteiger partial charge in [0.05, 0.1) is 15.7 Å². The molecule has 16 heavy (non-hydrogen) atoms. The average Bonchev–Trinajstić information content (AvgIpc) is 2.22. The van der Waals surface area contributed by atoms with Gasteiger partial charge in [0.1, 0.15) is 30.2 Å². The molecular weight excluding hydrogens is 220 g/mol. The lowest BCUT2D eigenvalue weighted by molar-refractivity contribution is -0.148. The smallest absolute Gasteiger partial charge is 0.171 e. The lowest BCUT2D eigenvalue weighted by atomic mass is 9.98. The molecule has 0 rings (SSSR count). The molecule has 0 aromatic heterocycles. The molecular formula is C9H16O7. The van der Waals surface area contributed by atoms with Crippen LogP contribution in [0.1, 0.15) is 16.1 Å². The first-order valence-electron chi connectivity index (χ1n) is 5.45. The van der Waals surface area contributed by atoms with Gasteiger partial charge in [0.25, 0.3) is 0 Å². The van der Waals surface area contributed by atoms with Crippen molar-refractivity contribution in [3.63, 3.8) is 0 Å². The molecule has 4 atom stereocenters. The third-order valence-electron chi connectivity index (χ3n) is 1.88. The van der Waals surface area contributed by atoms with E-state index in [9.17, 15) is 24.9 Å². The molecule has 0 saturated carbocycles. The van der Waals surface area contributed by atoms with Crippen LogP contribution in [0, 0.1) is 0 Å². The highest BCUT2D eigenvalue weighted by Crippen LogP contribution is 2.07. The molecule has 0 aromatic carbocycles. The molecule has 0 radical (unpaired) electrons. The highest BCUT2D eigenvalue weighted by atomic mass is 16.4. The van der Waals surface area contributed by atoms with Crippen LogP contribution in [0.5, 0.6) is 0 Å². The fourth-order valence-corrected chi connectivity index (χ4v) is 0.990. The molecule has 0 saturated heterocycles. The fourth-order valence-electron chi connectivity index (χ4n) is 0.990. The van der Waals surface area contributed by atoms with Crippen molar-refractivity contribution in [1.82, 2.24) is 0 Å². The Morgan fingerprint density at radius 3 is 2.06 bits per heavy atom. The first-order chi connectivity index (χ1) is 7.98. The zero-order valence-electron chi connectivity index (χ0n) is 10.6. The van der Waals surface area contributed by atoms with Crippen LogP contribution in [0.15, 0.2) is 0 Å². The molecule has 94 valence electrons. The maximum atomic E-state index is 11.2. The highest BCUT2D eigenvalue weighted by molar-refractivity contribution is 6.00. The second-order valence-corrected chi connectivity index (χ2v) is 3.35. The van der Waals surface area contributed by atoms with E-state index >= 15 is 0 Å². The molecule has 7 nitrogen and oxygen atoms in total. The van der Waals surface area contributed by atoms with Crippen LogP contribution in [0.3, 0.4) is 0 Å². The Morgan fingerprint density at radius 2 is 1.69 bits per heavy atom. The number of aliphatic hydroxyl groups is 5. The van der Waals surface area contributed by atoms with E-state index in [1.54, 1.807) is 0 Å². The first-order valence-corrected chi connectivity index (χ1v) is 4.45. The van der Waals surface area contributed by atoms with E-state index in [1.807, 2.05) is 0 Å². The number of Topliss-reactive ketones (excluding diaryl/α,β-unsaturated/α-hetero) is 2. The molecule has 0 fully saturated rings. The van der Waals surface area contributed by atoms with Crippen LogP contribution in [0.2, 0.25) is 0 Å². The zero-order chi connectivity index (χ0) is 14.7. The molecule has 0 bridgehead atoms. The Bertz CT molecular complexity index is 315. The van der Waals surface area contributed by atoms with Crippen LogP contribution < -0.4 is 0 Å². The summed E-state index contributed by atoms with van der Waals surface area (Å²) in [6.07, 6.45) is -9.79. The third kappa shape index (κ3) is 4.33. The standard InChI is InChI=1S/C9H16O7/c1-4(11)2-5(12)7(14)9(16)8(15)6(13)3-10/h6-10,13-16H,2-3H2,1H3/t6-,7+,8-,9-/m1/s1/i3D2.